The summed E-state index contributed by atoms with van der Waals surface area (Å²) < 4.78 is 0.503. The Morgan fingerprint density at radius 1 is 0.667 bits per heavy atom. The molecule has 0 nitrogen and oxygen atoms in total. The van der Waals surface area contributed by atoms with E-state index >= 15 is 0 Å². The number of allylic oxidation sites excluding steroid dienone is 1. The molecule has 0 bridgehead atoms. The highest BCUT2D eigenvalue weighted by atomic mass is 28.5. The van der Waals surface area contributed by atoms with Gasteiger partial charge >= 0.3 is 0 Å². The first kappa shape index (κ1) is 18.7. The lowest BCUT2D eigenvalue weighted by atomic mass is 10.2. The second-order valence-corrected chi connectivity index (χ2v) is 26.7. The molecule has 0 atom stereocenters. The standard InChI is InChI=1S/C18H34Si3/c1-19(2,3)18(20(4,5)6,21(7,8)9)16-15-17-13-11-10-12-14-17/h10-16H,1-9H3. The van der Waals surface area contributed by atoms with Gasteiger partial charge in [-0.3, -0.25) is 0 Å². The van der Waals surface area contributed by atoms with E-state index < -0.39 is 24.2 Å². The summed E-state index contributed by atoms with van der Waals surface area (Å²) in [6.45, 7) is 23.2. The topological polar surface area (TPSA) is 0 Å². The highest BCUT2D eigenvalue weighted by Crippen LogP contribution is 2.55. The van der Waals surface area contributed by atoms with Crippen molar-refractivity contribution < 1.29 is 0 Å². The van der Waals surface area contributed by atoms with Crippen molar-refractivity contribution in [2.75, 3.05) is 0 Å². The predicted octanol–water partition coefficient (Wildman–Crippen LogP) is 6.53. The van der Waals surface area contributed by atoms with E-state index in [2.05, 4.69) is 101 Å². The van der Waals surface area contributed by atoms with Crippen molar-refractivity contribution in [2.24, 2.45) is 0 Å². The maximum Gasteiger partial charge on any atom is 0.0492 e. The molecule has 118 valence electrons. The summed E-state index contributed by atoms with van der Waals surface area (Å²) in [5, 5.41) is 0. The Bertz CT molecular complexity index is 446. The van der Waals surface area contributed by atoms with E-state index in [0.717, 1.165) is 0 Å². The summed E-state index contributed by atoms with van der Waals surface area (Å²) in [4.78, 5) is 0. The van der Waals surface area contributed by atoms with Gasteiger partial charge in [-0.15, -0.1) is 0 Å². The maximum atomic E-state index is 2.66. The normalized spacial score (nSPS) is 14.7. The van der Waals surface area contributed by atoms with Crippen molar-refractivity contribution >= 4 is 30.3 Å². The zero-order valence-electron chi connectivity index (χ0n) is 15.5. The van der Waals surface area contributed by atoms with Gasteiger partial charge in [-0.2, -0.15) is 0 Å². The number of benzene rings is 1. The molecule has 0 aromatic heterocycles. The zero-order valence-corrected chi connectivity index (χ0v) is 18.5. The largest absolute Gasteiger partial charge is 0.0857 e. The molecule has 0 aliphatic rings. The van der Waals surface area contributed by atoms with E-state index in [1.165, 1.54) is 5.56 Å². The van der Waals surface area contributed by atoms with Crippen molar-refractivity contribution in [1.82, 2.24) is 0 Å². The third kappa shape index (κ3) is 3.69. The van der Waals surface area contributed by atoms with Crippen LogP contribution in [0.4, 0.5) is 0 Å². The molecule has 1 aromatic carbocycles. The van der Waals surface area contributed by atoms with Gasteiger partial charge in [0.25, 0.3) is 0 Å². The van der Waals surface area contributed by atoms with Crippen LogP contribution in [0.2, 0.25) is 63.2 Å². The minimum absolute atomic E-state index is 0.503. The molecule has 0 aliphatic carbocycles. The van der Waals surface area contributed by atoms with Gasteiger partial charge in [-0.05, 0) is 9.85 Å². The van der Waals surface area contributed by atoms with E-state index in [9.17, 15) is 0 Å². The third-order valence-electron chi connectivity index (χ3n) is 4.87. The summed E-state index contributed by atoms with van der Waals surface area (Å²) in [6, 6.07) is 10.8. The van der Waals surface area contributed by atoms with Crippen molar-refractivity contribution in [3.05, 3.63) is 42.0 Å². The van der Waals surface area contributed by atoms with Crippen LogP contribution in [0.5, 0.6) is 0 Å². The molecule has 21 heavy (non-hydrogen) atoms. The molecule has 0 fully saturated rings. The molecule has 0 amide bonds. The molecule has 0 unspecified atom stereocenters. The fourth-order valence-electron chi connectivity index (χ4n) is 4.91. The fourth-order valence-corrected chi connectivity index (χ4v) is 33.7. The van der Waals surface area contributed by atoms with Gasteiger partial charge in [0, 0.05) is 24.2 Å². The van der Waals surface area contributed by atoms with Gasteiger partial charge < -0.3 is 0 Å². The number of hydrogen-bond acceptors (Lipinski definition) is 0. The van der Waals surface area contributed by atoms with E-state index in [1.54, 1.807) is 0 Å². The second kappa shape index (κ2) is 6.01. The Kier molecular flexibility index (Phi) is 5.34. The number of hydrogen-bond donors (Lipinski definition) is 0. The average molecular weight is 335 g/mol. The lowest BCUT2D eigenvalue weighted by Crippen LogP contribution is -2.64. The first-order chi connectivity index (χ1) is 9.33. The van der Waals surface area contributed by atoms with Crippen LogP contribution in [0, 0.1) is 0 Å². The molecular weight excluding hydrogens is 300 g/mol. The minimum atomic E-state index is -1.32. The van der Waals surface area contributed by atoms with Crippen molar-refractivity contribution in [2.45, 2.75) is 63.2 Å². The second-order valence-electron chi connectivity index (χ2n) is 9.30. The van der Waals surface area contributed by atoms with Crippen LogP contribution in [-0.2, 0) is 0 Å². The average Bonchev–Trinajstić information content (AvgIpc) is 2.25. The fraction of sp³-hybridized carbons (Fsp3) is 0.556. The van der Waals surface area contributed by atoms with Gasteiger partial charge in [0.05, 0.1) is 0 Å². The predicted molar refractivity (Wildman–Crippen MR) is 108 cm³/mol. The molecule has 0 saturated heterocycles. The summed E-state index contributed by atoms with van der Waals surface area (Å²) in [5.41, 5.74) is 1.34. The highest BCUT2D eigenvalue weighted by Gasteiger charge is 2.57. The Hall–Kier alpha value is -0.389. The summed E-state index contributed by atoms with van der Waals surface area (Å²) >= 11 is 0. The van der Waals surface area contributed by atoms with Crippen molar-refractivity contribution in [1.29, 1.82) is 0 Å². The smallest absolute Gasteiger partial charge is 0.0492 e. The van der Waals surface area contributed by atoms with E-state index in [1.807, 2.05) is 0 Å². The molecule has 1 aromatic rings. The van der Waals surface area contributed by atoms with Crippen LogP contribution in [0.25, 0.3) is 6.08 Å². The molecule has 0 radical (unpaired) electrons. The molecule has 0 aliphatic heterocycles. The lowest BCUT2D eigenvalue weighted by Gasteiger charge is -2.57. The summed E-state index contributed by atoms with van der Waals surface area (Å²) in [6.07, 6.45) is 5.07. The van der Waals surface area contributed by atoms with Crippen LogP contribution >= 0.6 is 0 Å². The number of rotatable bonds is 5. The SMILES string of the molecule is C[Si](C)(C)C(C=Cc1ccccc1)([Si](C)(C)C)[Si](C)(C)C. The van der Waals surface area contributed by atoms with E-state index in [4.69, 9.17) is 0 Å². The summed E-state index contributed by atoms with van der Waals surface area (Å²) in [5.74, 6) is 0. The first-order valence-corrected chi connectivity index (χ1v) is 18.6. The molecular formula is C18H34Si3. The van der Waals surface area contributed by atoms with Crippen LogP contribution in [0.1, 0.15) is 5.56 Å². The zero-order chi connectivity index (χ0) is 16.5. The van der Waals surface area contributed by atoms with Crippen molar-refractivity contribution in [3.63, 3.8) is 0 Å². The molecule has 0 N–H and O–H groups in total. The molecule has 0 saturated carbocycles. The van der Waals surface area contributed by atoms with Gasteiger partial charge in [0.15, 0.2) is 0 Å². The van der Waals surface area contributed by atoms with Crippen LogP contribution in [0.3, 0.4) is 0 Å². The van der Waals surface area contributed by atoms with E-state index in [0.29, 0.717) is 4.28 Å². The Morgan fingerprint density at radius 2 is 1.05 bits per heavy atom. The minimum Gasteiger partial charge on any atom is -0.0857 e. The van der Waals surface area contributed by atoms with Crippen LogP contribution in [-0.4, -0.2) is 24.2 Å². The van der Waals surface area contributed by atoms with Gasteiger partial charge in [0.1, 0.15) is 0 Å². The van der Waals surface area contributed by atoms with E-state index in [-0.39, 0.29) is 0 Å². The Labute approximate surface area is 135 Å². The molecule has 0 heterocycles. The van der Waals surface area contributed by atoms with Gasteiger partial charge in [0.2, 0.25) is 0 Å². The van der Waals surface area contributed by atoms with Crippen LogP contribution < -0.4 is 0 Å². The Balaban J connectivity index is 3.49. The molecule has 0 spiro atoms. The third-order valence-corrected chi connectivity index (χ3v) is 26.0. The lowest BCUT2D eigenvalue weighted by molar-refractivity contribution is 1.13. The molecule has 1 rings (SSSR count). The maximum absolute atomic E-state index is 2.66. The van der Waals surface area contributed by atoms with Gasteiger partial charge in [-0.1, -0.05) is 101 Å². The van der Waals surface area contributed by atoms with Crippen LogP contribution in [0.15, 0.2) is 36.4 Å². The summed E-state index contributed by atoms with van der Waals surface area (Å²) in [7, 11) is -3.97. The van der Waals surface area contributed by atoms with Crippen molar-refractivity contribution in [3.8, 4) is 0 Å². The monoisotopic (exact) mass is 334 g/mol. The Morgan fingerprint density at radius 3 is 1.38 bits per heavy atom. The quantitative estimate of drug-likeness (QED) is 0.537. The highest BCUT2D eigenvalue weighted by molar-refractivity contribution is 7.15. The molecule has 3 heteroatoms. The first-order valence-electron chi connectivity index (χ1n) is 8.07. The van der Waals surface area contributed by atoms with Gasteiger partial charge in [-0.25, -0.2) is 0 Å².